The molecule has 0 saturated carbocycles. The summed E-state index contributed by atoms with van der Waals surface area (Å²) in [6, 6.07) is 15.3. The number of nitrogens with zero attached hydrogens (tertiary/aromatic N) is 6. The molecule has 0 N–H and O–H groups in total. The highest BCUT2D eigenvalue weighted by Crippen LogP contribution is 2.16. The lowest BCUT2D eigenvalue weighted by molar-refractivity contribution is -0.133. The van der Waals surface area contributed by atoms with E-state index in [0.717, 1.165) is 42.3 Å². The van der Waals surface area contributed by atoms with E-state index in [1.807, 2.05) is 53.4 Å². The molecule has 1 amide bonds. The van der Waals surface area contributed by atoms with Gasteiger partial charge in [0.2, 0.25) is 5.91 Å². The van der Waals surface area contributed by atoms with E-state index in [0.29, 0.717) is 31.1 Å². The standard InChI is InChI=1S/C22H25ClN6O2/c1-31-20-9-2-17(3-10-20)4-11-22(30)28-14-12-27(13-15-28)16-21-24-25-26-29(21)19-7-5-18(23)6-8-19/h2-3,5-10H,4,11-16H2,1H3. The summed E-state index contributed by atoms with van der Waals surface area (Å²) in [5.41, 5.74) is 2.01. The van der Waals surface area contributed by atoms with E-state index in [1.54, 1.807) is 11.8 Å². The van der Waals surface area contributed by atoms with Gasteiger partial charge in [-0.2, -0.15) is 4.68 Å². The highest BCUT2D eigenvalue weighted by Gasteiger charge is 2.22. The van der Waals surface area contributed by atoms with E-state index in [2.05, 4.69) is 20.4 Å². The first-order chi connectivity index (χ1) is 15.1. The van der Waals surface area contributed by atoms with Gasteiger partial charge >= 0.3 is 0 Å². The predicted octanol–water partition coefficient (Wildman–Crippen LogP) is 2.60. The number of rotatable bonds is 7. The van der Waals surface area contributed by atoms with Gasteiger partial charge in [0.1, 0.15) is 5.75 Å². The molecule has 0 unspecified atom stereocenters. The van der Waals surface area contributed by atoms with E-state index in [9.17, 15) is 4.79 Å². The van der Waals surface area contributed by atoms with Crippen LogP contribution in [0.5, 0.6) is 5.75 Å². The lowest BCUT2D eigenvalue weighted by Crippen LogP contribution is -2.48. The first-order valence-electron chi connectivity index (χ1n) is 10.3. The average Bonchev–Trinajstić information content (AvgIpc) is 3.27. The topological polar surface area (TPSA) is 76.4 Å². The Kier molecular flexibility index (Phi) is 6.79. The summed E-state index contributed by atoms with van der Waals surface area (Å²) in [5.74, 6) is 1.79. The lowest BCUT2D eigenvalue weighted by Gasteiger charge is -2.34. The van der Waals surface area contributed by atoms with Crippen LogP contribution in [-0.4, -0.2) is 69.2 Å². The number of methoxy groups -OCH3 is 1. The minimum absolute atomic E-state index is 0.196. The number of hydrogen-bond acceptors (Lipinski definition) is 6. The summed E-state index contributed by atoms with van der Waals surface area (Å²) in [6.45, 7) is 3.64. The third-order valence-electron chi connectivity index (χ3n) is 5.48. The first-order valence-corrected chi connectivity index (χ1v) is 10.7. The van der Waals surface area contributed by atoms with Crippen LogP contribution in [0.15, 0.2) is 48.5 Å². The summed E-state index contributed by atoms with van der Waals surface area (Å²) in [5, 5.41) is 12.8. The third-order valence-corrected chi connectivity index (χ3v) is 5.73. The molecule has 3 aromatic rings. The molecule has 1 saturated heterocycles. The van der Waals surface area contributed by atoms with Gasteiger partial charge in [0, 0.05) is 37.6 Å². The van der Waals surface area contributed by atoms with Crippen molar-refractivity contribution in [2.24, 2.45) is 0 Å². The van der Waals surface area contributed by atoms with Crippen LogP contribution in [0, 0.1) is 0 Å². The van der Waals surface area contributed by atoms with Crippen molar-refractivity contribution in [2.45, 2.75) is 19.4 Å². The molecule has 162 valence electrons. The predicted molar refractivity (Wildman–Crippen MR) is 117 cm³/mol. The number of aryl methyl sites for hydroxylation is 1. The van der Waals surface area contributed by atoms with Crippen molar-refractivity contribution in [3.8, 4) is 11.4 Å². The van der Waals surface area contributed by atoms with Crippen molar-refractivity contribution >= 4 is 17.5 Å². The summed E-state index contributed by atoms with van der Waals surface area (Å²) < 4.78 is 6.90. The van der Waals surface area contributed by atoms with E-state index in [-0.39, 0.29) is 5.91 Å². The molecule has 2 aromatic carbocycles. The van der Waals surface area contributed by atoms with Gasteiger partial charge in [-0.15, -0.1) is 5.10 Å². The molecular formula is C22H25ClN6O2. The monoisotopic (exact) mass is 440 g/mol. The Bertz CT molecular complexity index is 998. The Labute approximate surface area is 186 Å². The van der Waals surface area contributed by atoms with Gasteiger partial charge < -0.3 is 9.64 Å². The molecule has 0 radical (unpaired) electrons. The molecule has 0 aliphatic carbocycles. The Morgan fingerprint density at radius 2 is 1.74 bits per heavy atom. The van der Waals surface area contributed by atoms with Gasteiger partial charge in [-0.05, 0) is 58.8 Å². The number of ether oxygens (including phenoxy) is 1. The van der Waals surface area contributed by atoms with Gasteiger partial charge in [0.05, 0.1) is 19.3 Å². The fourth-order valence-corrected chi connectivity index (χ4v) is 3.77. The lowest BCUT2D eigenvalue weighted by atomic mass is 10.1. The maximum absolute atomic E-state index is 12.6. The van der Waals surface area contributed by atoms with E-state index in [1.165, 1.54) is 0 Å². The molecule has 9 heteroatoms. The minimum Gasteiger partial charge on any atom is -0.497 e. The molecule has 8 nitrogen and oxygen atoms in total. The number of tetrazole rings is 1. The number of carbonyl (C=O) groups excluding carboxylic acids is 1. The van der Waals surface area contributed by atoms with Crippen LogP contribution in [0.2, 0.25) is 5.02 Å². The summed E-state index contributed by atoms with van der Waals surface area (Å²) >= 11 is 5.97. The Morgan fingerprint density at radius 1 is 1.03 bits per heavy atom. The van der Waals surface area contributed by atoms with Crippen LogP contribution in [-0.2, 0) is 17.8 Å². The van der Waals surface area contributed by atoms with Crippen LogP contribution in [0.25, 0.3) is 5.69 Å². The number of benzene rings is 2. The third kappa shape index (κ3) is 5.39. The Morgan fingerprint density at radius 3 is 2.42 bits per heavy atom. The maximum atomic E-state index is 12.6. The van der Waals surface area contributed by atoms with Gasteiger partial charge in [-0.25, -0.2) is 0 Å². The Hall–Kier alpha value is -2.97. The smallest absolute Gasteiger partial charge is 0.222 e. The molecule has 31 heavy (non-hydrogen) atoms. The highest BCUT2D eigenvalue weighted by molar-refractivity contribution is 6.30. The van der Waals surface area contributed by atoms with Gasteiger partial charge in [-0.1, -0.05) is 23.7 Å². The second-order valence-electron chi connectivity index (χ2n) is 7.49. The van der Waals surface area contributed by atoms with Crippen molar-refractivity contribution in [2.75, 3.05) is 33.3 Å². The Balaban J connectivity index is 1.26. The van der Waals surface area contributed by atoms with Crippen molar-refractivity contribution in [1.82, 2.24) is 30.0 Å². The maximum Gasteiger partial charge on any atom is 0.222 e. The number of carbonyl (C=O) groups is 1. The second-order valence-corrected chi connectivity index (χ2v) is 7.92. The van der Waals surface area contributed by atoms with Crippen molar-refractivity contribution < 1.29 is 9.53 Å². The van der Waals surface area contributed by atoms with Gasteiger partial charge in [-0.3, -0.25) is 9.69 Å². The summed E-state index contributed by atoms with van der Waals surface area (Å²) in [4.78, 5) is 16.8. The zero-order valence-electron chi connectivity index (χ0n) is 17.4. The molecule has 4 rings (SSSR count). The first kappa shape index (κ1) is 21.3. The second kappa shape index (κ2) is 9.89. The highest BCUT2D eigenvalue weighted by atomic mass is 35.5. The molecule has 0 spiro atoms. The van der Waals surface area contributed by atoms with Crippen LogP contribution < -0.4 is 4.74 Å². The van der Waals surface area contributed by atoms with Gasteiger partial charge in [0.25, 0.3) is 0 Å². The van der Waals surface area contributed by atoms with Crippen LogP contribution in [0.4, 0.5) is 0 Å². The normalized spacial score (nSPS) is 14.6. The minimum atomic E-state index is 0.196. The molecule has 2 heterocycles. The number of piperazine rings is 1. The molecule has 0 atom stereocenters. The molecular weight excluding hydrogens is 416 g/mol. The summed E-state index contributed by atoms with van der Waals surface area (Å²) in [6.07, 6.45) is 1.25. The fraction of sp³-hybridized carbons (Fsp3) is 0.364. The van der Waals surface area contributed by atoms with Crippen LogP contribution in [0.3, 0.4) is 0 Å². The largest absolute Gasteiger partial charge is 0.497 e. The molecule has 1 aromatic heterocycles. The van der Waals surface area contributed by atoms with Crippen molar-refractivity contribution in [3.63, 3.8) is 0 Å². The summed E-state index contributed by atoms with van der Waals surface area (Å²) in [7, 11) is 1.65. The van der Waals surface area contributed by atoms with E-state index < -0.39 is 0 Å². The molecule has 1 aliphatic rings. The average molecular weight is 441 g/mol. The van der Waals surface area contributed by atoms with E-state index in [4.69, 9.17) is 16.3 Å². The SMILES string of the molecule is COc1ccc(CCC(=O)N2CCN(Cc3nnnn3-c3ccc(Cl)cc3)CC2)cc1. The quantitative estimate of drug-likeness (QED) is 0.562. The number of amides is 1. The molecule has 0 bridgehead atoms. The number of aromatic nitrogens is 4. The van der Waals surface area contributed by atoms with Crippen LogP contribution in [0.1, 0.15) is 17.8 Å². The van der Waals surface area contributed by atoms with Crippen LogP contribution >= 0.6 is 11.6 Å². The number of halogens is 1. The zero-order valence-corrected chi connectivity index (χ0v) is 18.2. The van der Waals surface area contributed by atoms with Crippen molar-refractivity contribution in [3.05, 3.63) is 64.9 Å². The fourth-order valence-electron chi connectivity index (χ4n) is 3.64. The molecule has 1 aliphatic heterocycles. The molecule has 1 fully saturated rings. The van der Waals surface area contributed by atoms with E-state index >= 15 is 0 Å². The number of hydrogen-bond donors (Lipinski definition) is 0. The zero-order chi connectivity index (χ0) is 21.6. The van der Waals surface area contributed by atoms with Gasteiger partial charge in [0.15, 0.2) is 5.82 Å². The van der Waals surface area contributed by atoms with Crippen molar-refractivity contribution in [1.29, 1.82) is 0 Å².